The van der Waals surface area contributed by atoms with E-state index >= 15 is 0 Å². The Kier molecular flexibility index (Phi) is 4.67. The molecule has 0 aliphatic carbocycles. The third-order valence-electron chi connectivity index (χ3n) is 3.32. The zero-order chi connectivity index (χ0) is 13.8. The quantitative estimate of drug-likeness (QED) is 0.749. The summed E-state index contributed by atoms with van der Waals surface area (Å²) in [5.74, 6) is -1.47. The molecular formula is C13H19FN2O2. The van der Waals surface area contributed by atoms with Gasteiger partial charge in [-0.3, -0.25) is 4.79 Å². The molecule has 5 heteroatoms. The Morgan fingerprint density at radius 1 is 1.44 bits per heavy atom. The Bertz CT molecular complexity index is 423. The highest BCUT2D eigenvalue weighted by Crippen LogP contribution is 2.18. The van der Waals surface area contributed by atoms with E-state index in [0.717, 1.165) is 6.07 Å². The number of rotatable bonds is 5. The van der Waals surface area contributed by atoms with Gasteiger partial charge in [-0.2, -0.15) is 0 Å². The monoisotopic (exact) mass is 254 g/mol. The van der Waals surface area contributed by atoms with Gasteiger partial charge in [-0.25, -0.2) is 4.39 Å². The normalized spacial score (nSPS) is 11.3. The molecule has 1 amide bonds. The van der Waals surface area contributed by atoms with Crippen LogP contribution >= 0.6 is 0 Å². The first-order valence-corrected chi connectivity index (χ1v) is 5.99. The summed E-state index contributed by atoms with van der Waals surface area (Å²) >= 11 is 0. The summed E-state index contributed by atoms with van der Waals surface area (Å²) in [5, 5.41) is 11.9. The van der Waals surface area contributed by atoms with Gasteiger partial charge in [-0.15, -0.1) is 0 Å². The predicted octanol–water partition coefficient (Wildman–Crippen LogP) is 1.78. The Hall–Kier alpha value is -1.62. The lowest BCUT2D eigenvalue weighted by Crippen LogP contribution is -2.53. The van der Waals surface area contributed by atoms with Crippen molar-refractivity contribution in [1.29, 1.82) is 0 Å². The van der Waals surface area contributed by atoms with Crippen molar-refractivity contribution < 1.29 is 14.3 Å². The molecule has 0 fully saturated rings. The number of hydrogen-bond donors (Lipinski definition) is 3. The minimum Gasteiger partial charge on any atom is -0.508 e. The van der Waals surface area contributed by atoms with Gasteiger partial charge in [0, 0.05) is 12.6 Å². The summed E-state index contributed by atoms with van der Waals surface area (Å²) in [5.41, 5.74) is 5.07. The molecule has 1 aromatic carbocycles. The van der Waals surface area contributed by atoms with E-state index < -0.39 is 17.3 Å². The van der Waals surface area contributed by atoms with E-state index in [9.17, 15) is 9.18 Å². The molecule has 4 N–H and O–H groups in total. The number of carbonyl (C=O) groups is 1. The highest BCUT2D eigenvalue weighted by atomic mass is 19.1. The van der Waals surface area contributed by atoms with Gasteiger partial charge in [0.2, 0.25) is 0 Å². The van der Waals surface area contributed by atoms with Gasteiger partial charge >= 0.3 is 0 Å². The minimum absolute atomic E-state index is 0.0903. The van der Waals surface area contributed by atoms with Crippen LogP contribution in [0.3, 0.4) is 0 Å². The fourth-order valence-electron chi connectivity index (χ4n) is 1.76. The van der Waals surface area contributed by atoms with Crippen molar-refractivity contribution in [2.75, 3.05) is 6.54 Å². The van der Waals surface area contributed by atoms with Crippen LogP contribution in [0, 0.1) is 5.82 Å². The zero-order valence-electron chi connectivity index (χ0n) is 10.7. The lowest BCUT2D eigenvalue weighted by Gasteiger charge is -2.31. The summed E-state index contributed by atoms with van der Waals surface area (Å²) < 4.78 is 13.5. The number of carbonyl (C=O) groups excluding carboxylic acids is 1. The van der Waals surface area contributed by atoms with Crippen molar-refractivity contribution in [3.63, 3.8) is 0 Å². The second-order valence-electron chi connectivity index (χ2n) is 4.31. The Morgan fingerprint density at radius 2 is 2.06 bits per heavy atom. The Labute approximate surface area is 106 Å². The maximum absolute atomic E-state index is 13.5. The first kappa shape index (κ1) is 14.4. The topological polar surface area (TPSA) is 75.3 Å². The van der Waals surface area contributed by atoms with Crippen molar-refractivity contribution in [2.24, 2.45) is 5.73 Å². The van der Waals surface area contributed by atoms with Gasteiger partial charge in [0.1, 0.15) is 11.6 Å². The third kappa shape index (κ3) is 2.98. The molecule has 0 radical (unpaired) electrons. The lowest BCUT2D eigenvalue weighted by atomic mass is 9.92. The number of hydrogen-bond acceptors (Lipinski definition) is 3. The molecule has 0 atom stereocenters. The third-order valence-corrected chi connectivity index (χ3v) is 3.32. The van der Waals surface area contributed by atoms with Gasteiger partial charge in [0.15, 0.2) is 0 Å². The van der Waals surface area contributed by atoms with Crippen LogP contribution in [0.5, 0.6) is 5.75 Å². The predicted molar refractivity (Wildman–Crippen MR) is 67.9 cm³/mol. The number of amides is 1. The molecule has 0 aliphatic rings. The van der Waals surface area contributed by atoms with Gasteiger partial charge in [0.05, 0.1) is 11.1 Å². The van der Waals surface area contributed by atoms with Crippen LogP contribution in [0.4, 0.5) is 4.39 Å². The van der Waals surface area contributed by atoms with Crippen molar-refractivity contribution >= 4 is 5.91 Å². The Balaban J connectivity index is 2.94. The van der Waals surface area contributed by atoms with E-state index in [0.29, 0.717) is 19.4 Å². The van der Waals surface area contributed by atoms with Crippen LogP contribution in [-0.4, -0.2) is 23.1 Å². The molecule has 0 unspecified atom stereocenters. The first-order valence-electron chi connectivity index (χ1n) is 5.99. The molecule has 1 rings (SSSR count). The van der Waals surface area contributed by atoms with E-state index in [1.54, 1.807) is 0 Å². The second-order valence-corrected chi connectivity index (χ2v) is 4.31. The molecular weight excluding hydrogens is 235 g/mol. The van der Waals surface area contributed by atoms with Crippen molar-refractivity contribution in [3.05, 3.63) is 29.6 Å². The van der Waals surface area contributed by atoms with Crippen LogP contribution in [0.1, 0.15) is 37.0 Å². The average molecular weight is 254 g/mol. The summed E-state index contributed by atoms with van der Waals surface area (Å²) in [7, 11) is 0. The standard InChI is InChI=1S/C13H19FN2O2/c1-3-13(4-2,8-15)16-12(18)10-6-5-9(17)7-11(10)14/h5-7,17H,3-4,8,15H2,1-2H3,(H,16,18). The molecule has 0 saturated carbocycles. The zero-order valence-corrected chi connectivity index (χ0v) is 10.7. The smallest absolute Gasteiger partial charge is 0.254 e. The van der Waals surface area contributed by atoms with Crippen LogP contribution in [-0.2, 0) is 0 Å². The molecule has 18 heavy (non-hydrogen) atoms. The molecule has 1 aromatic rings. The summed E-state index contributed by atoms with van der Waals surface area (Å²) in [4.78, 5) is 12.0. The molecule has 0 spiro atoms. The van der Waals surface area contributed by atoms with Crippen molar-refractivity contribution in [2.45, 2.75) is 32.2 Å². The fraction of sp³-hybridized carbons (Fsp3) is 0.462. The molecule has 0 saturated heterocycles. The van der Waals surface area contributed by atoms with E-state index in [2.05, 4.69) is 5.32 Å². The van der Waals surface area contributed by atoms with Crippen molar-refractivity contribution in [3.8, 4) is 5.75 Å². The number of aromatic hydroxyl groups is 1. The average Bonchev–Trinajstić information content (AvgIpc) is 2.36. The van der Waals surface area contributed by atoms with Crippen LogP contribution in [0.2, 0.25) is 0 Å². The highest BCUT2D eigenvalue weighted by Gasteiger charge is 2.27. The molecule has 0 aliphatic heterocycles. The SMILES string of the molecule is CCC(CC)(CN)NC(=O)c1ccc(O)cc1F. The molecule has 0 bridgehead atoms. The van der Waals surface area contributed by atoms with Crippen LogP contribution in [0.25, 0.3) is 0 Å². The maximum Gasteiger partial charge on any atom is 0.254 e. The molecule has 0 aromatic heterocycles. The number of nitrogens with two attached hydrogens (primary N) is 1. The number of nitrogens with one attached hydrogen (secondary N) is 1. The van der Waals surface area contributed by atoms with Gasteiger partial charge in [-0.05, 0) is 25.0 Å². The van der Waals surface area contributed by atoms with E-state index in [1.165, 1.54) is 12.1 Å². The van der Waals surface area contributed by atoms with E-state index in [-0.39, 0.29) is 11.3 Å². The summed E-state index contributed by atoms with van der Waals surface area (Å²) in [6, 6.07) is 3.45. The molecule has 4 nitrogen and oxygen atoms in total. The number of phenolic OH excluding ortho intramolecular Hbond substituents is 1. The minimum atomic E-state index is -0.745. The van der Waals surface area contributed by atoms with Gasteiger partial charge in [-0.1, -0.05) is 13.8 Å². The Morgan fingerprint density at radius 3 is 2.50 bits per heavy atom. The molecule has 0 heterocycles. The van der Waals surface area contributed by atoms with Gasteiger partial charge < -0.3 is 16.2 Å². The fourth-order valence-corrected chi connectivity index (χ4v) is 1.76. The summed E-state index contributed by atoms with van der Waals surface area (Å²) in [6.07, 6.45) is 1.34. The van der Waals surface area contributed by atoms with Crippen LogP contribution in [0.15, 0.2) is 18.2 Å². The van der Waals surface area contributed by atoms with Gasteiger partial charge in [0.25, 0.3) is 5.91 Å². The lowest BCUT2D eigenvalue weighted by molar-refractivity contribution is 0.0891. The van der Waals surface area contributed by atoms with E-state index in [1.807, 2.05) is 13.8 Å². The van der Waals surface area contributed by atoms with Crippen molar-refractivity contribution in [1.82, 2.24) is 5.32 Å². The highest BCUT2D eigenvalue weighted by molar-refractivity contribution is 5.95. The number of halogens is 1. The van der Waals surface area contributed by atoms with E-state index in [4.69, 9.17) is 10.8 Å². The second kappa shape index (κ2) is 5.82. The largest absolute Gasteiger partial charge is 0.508 e. The first-order chi connectivity index (χ1) is 8.48. The molecule has 100 valence electrons. The maximum atomic E-state index is 13.5. The number of benzene rings is 1. The van der Waals surface area contributed by atoms with Crippen LogP contribution < -0.4 is 11.1 Å². The summed E-state index contributed by atoms with van der Waals surface area (Å²) in [6.45, 7) is 4.14. The number of phenols is 1.